The molecule has 0 spiro atoms. The molecule has 0 aliphatic carbocycles. The maximum Gasteiger partial charge on any atom is 0.268 e. The lowest BCUT2D eigenvalue weighted by molar-refractivity contribution is 0.318. The van der Waals surface area contributed by atoms with Gasteiger partial charge in [-0.2, -0.15) is 0 Å². The van der Waals surface area contributed by atoms with E-state index in [1.165, 1.54) is 0 Å². The first kappa shape index (κ1) is 5.29. The van der Waals surface area contributed by atoms with Crippen molar-refractivity contribution in [2.75, 3.05) is 0 Å². The van der Waals surface area contributed by atoms with Gasteiger partial charge in [-0.25, -0.2) is 0 Å². The molecule has 0 heterocycles. The minimum atomic E-state index is -0.287. The summed E-state index contributed by atoms with van der Waals surface area (Å²) in [6, 6.07) is 0. The molecule has 0 fully saturated rings. The normalized spacial score (nSPS) is 11.0. The van der Waals surface area contributed by atoms with Gasteiger partial charge < -0.3 is 10.9 Å². The van der Waals surface area contributed by atoms with Crippen LogP contribution in [0.1, 0.15) is 0 Å². The van der Waals surface area contributed by atoms with E-state index in [9.17, 15) is 0 Å². The van der Waals surface area contributed by atoms with Gasteiger partial charge in [-0.05, 0) is 5.16 Å². The van der Waals surface area contributed by atoms with E-state index in [0.717, 1.165) is 0 Å². The summed E-state index contributed by atoms with van der Waals surface area (Å²) >= 11 is 3.98. The Labute approximate surface area is 39.8 Å². The zero-order valence-corrected chi connectivity index (χ0v) is 3.64. The van der Waals surface area contributed by atoms with Gasteiger partial charge in [0.2, 0.25) is 0 Å². The van der Waals surface area contributed by atoms with Crippen molar-refractivity contribution in [1.82, 2.24) is 0 Å². The van der Waals surface area contributed by atoms with Crippen molar-refractivity contribution in [3.05, 3.63) is 0 Å². The predicted molar refractivity (Wildman–Crippen MR) is 23.2 cm³/mol. The van der Waals surface area contributed by atoms with Crippen LogP contribution in [0.2, 0.25) is 0 Å². The Hall–Kier alpha value is -0.710. The Balaban J connectivity index is 3.50. The summed E-state index contributed by atoms with van der Waals surface area (Å²) in [5.74, 6) is -0.287. The standard InChI is InChI=1S/CH3N3OS/c2-1(3-5)4-6/h5H,(H2,2,3). The molecular formula is CH3N3OS. The van der Waals surface area contributed by atoms with Gasteiger partial charge in [-0.1, -0.05) is 0 Å². The van der Waals surface area contributed by atoms with E-state index in [-0.39, 0.29) is 5.96 Å². The topological polar surface area (TPSA) is 71.0 Å². The van der Waals surface area contributed by atoms with E-state index in [2.05, 4.69) is 21.9 Å². The monoisotopic (exact) mass is 105 g/mol. The highest BCUT2D eigenvalue weighted by atomic mass is 32.1. The van der Waals surface area contributed by atoms with Gasteiger partial charge in [0, 0.05) is 12.4 Å². The summed E-state index contributed by atoms with van der Waals surface area (Å²) in [5.41, 5.74) is 4.70. The van der Waals surface area contributed by atoms with Crippen LogP contribution in [0.5, 0.6) is 0 Å². The van der Waals surface area contributed by atoms with Crippen molar-refractivity contribution in [2.45, 2.75) is 0 Å². The van der Waals surface area contributed by atoms with Crippen LogP contribution in [-0.2, 0) is 12.4 Å². The highest BCUT2D eigenvalue weighted by molar-refractivity contribution is 7.47. The zero-order chi connectivity index (χ0) is 4.99. The van der Waals surface area contributed by atoms with Crippen molar-refractivity contribution in [1.29, 1.82) is 0 Å². The van der Waals surface area contributed by atoms with E-state index in [1.54, 1.807) is 0 Å². The summed E-state index contributed by atoms with van der Waals surface area (Å²) in [7, 11) is 0. The van der Waals surface area contributed by atoms with E-state index >= 15 is 0 Å². The summed E-state index contributed by atoms with van der Waals surface area (Å²) in [4.78, 5) is 0. The lowest BCUT2D eigenvalue weighted by atomic mass is 11.1. The molecular weight excluding hydrogens is 102 g/mol. The largest absolute Gasteiger partial charge is 0.408 e. The SMILES string of the molecule is N/C(N=S)=N/O. The molecule has 34 valence electrons. The maximum atomic E-state index is 7.64. The van der Waals surface area contributed by atoms with Gasteiger partial charge in [-0.15, -0.1) is 4.36 Å². The fraction of sp³-hybridized carbons (Fsp3) is 0. The summed E-state index contributed by atoms with van der Waals surface area (Å²) in [6.07, 6.45) is 0. The number of nitrogens with zero attached hydrogens (tertiary/aromatic N) is 2. The molecule has 0 rings (SSSR count). The number of rotatable bonds is 0. The first-order chi connectivity index (χ1) is 2.81. The van der Waals surface area contributed by atoms with Crippen molar-refractivity contribution in [2.24, 2.45) is 15.3 Å². The van der Waals surface area contributed by atoms with Crippen molar-refractivity contribution < 1.29 is 5.21 Å². The average Bonchev–Trinajstić information content (AvgIpc) is 1.65. The Morgan fingerprint density at radius 3 is 2.33 bits per heavy atom. The molecule has 6 heavy (non-hydrogen) atoms. The van der Waals surface area contributed by atoms with Gasteiger partial charge >= 0.3 is 0 Å². The average molecular weight is 105 g/mol. The quantitative estimate of drug-likeness (QED) is 0.187. The van der Waals surface area contributed by atoms with Crippen LogP contribution in [0.25, 0.3) is 0 Å². The Morgan fingerprint density at radius 2 is 2.33 bits per heavy atom. The van der Waals surface area contributed by atoms with Crippen LogP contribution in [-0.4, -0.2) is 11.2 Å². The summed E-state index contributed by atoms with van der Waals surface area (Å²) in [5, 5.41) is 10.1. The maximum absolute atomic E-state index is 7.64. The van der Waals surface area contributed by atoms with Crippen LogP contribution in [0, 0.1) is 0 Å². The number of hydrogen-bond acceptors (Lipinski definition) is 3. The van der Waals surface area contributed by atoms with E-state index in [0.29, 0.717) is 0 Å². The molecule has 0 aliphatic heterocycles. The highest BCUT2D eigenvalue weighted by Gasteiger charge is 1.75. The van der Waals surface area contributed by atoms with Gasteiger partial charge in [0.15, 0.2) is 0 Å². The molecule has 0 aliphatic rings. The molecule has 0 saturated carbocycles. The molecule has 0 bridgehead atoms. The fourth-order valence-corrected chi connectivity index (χ4v) is 0.0548. The number of guanidine groups is 1. The second kappa shape index (κ2) is 2.52. The van der Waals surface area contributed by atoms with E-state index in [4.69, 9.17) is 10.9 Å². The van der Waals surface area contributed by atoms with Crippen molar-refractivity contribution in [3.63, 3.8) is 0 Å². The Bertz CT molecular complexity index is 78.9. The highest BCUT2D eigenvalue weighted by Crippen LogP contribution is 1.59. The molecule has 0 amide bonds. The first-order valence-electron chi connectivity index (χ1n) is 1.12. The number of oxime groups is 1. The minimum Gasteiger partial charge on any atom is -0.408 e. The second-order valence-electron chi connectivity index (χ2n) is 0.549. The third kappa shape index (κ3) is 1.59. The Kier molecular flexibility index (Phi) is 2.22. The molecule has 0 unspecified atom stereocenters. The molecule has 0 saturated heterocycles. The lowest BCUT2D eigenvalue weighted by Gasteiger charge is -1.74. The number of nitrogens with two attached hydrogens (primary N) is 1. The molecule has 0 radical (unpaired) electrons. The summed E-state index contributed by atoms with van der Waals surface area (Å²) in [6.45, 7) is 0. The van der Waals surface area contributed by atoms with Crippen LogP contribution >= 0.6 is 0 Å². The number of hydrogen-bond donors (Lipinski definition) is 2. The molecule has 4 nitrogen and oxygen atoms in total. The van der Waals surface area contributed by atoms with Crippen molar-refractivity contribution >= 4 is 18.4 Å². The smallest absolute Gasteiger partial charge is 0.268 e. The Morgan fingerprint density at radius 1 is 1.83 bits per heavy atom. The van der Waals surface area contributed by atoms with E-state index < -0.39 is 0 Å². The van der Waals surface area contributed by atoms with Gasteiger partial charge in [0.05, 0.1) is 0 Å². The zero-order valence-electron chi connectivity index (χ0n) is 2.83. The van der Waals surface area contributed by atoms with Crippen LogP contribution in [0.15, 0.2) is 9.52 Å². The third-order valence-electron chi connectivity index (χ3n) is 0.196. The first-order valence-corrected chi connectivity index (χ1v) is 1.48. The van der Waals surface area contributed by atoms with Crippen LogP contribution in [0.4, 0.5) is 0 Å². The minimum absolute atomic E-state index is 0.287. The third-order valence-corrected chi connectivity index (χ3v) is 0.383. The summed E-state index contributed by atoms with van der Waals surface area (Å²) < 4.78 is 2.87. The second-order valence-corrected chi connectivity index (χ2v) is 0.732. The van der Waals surface area contributed by atoms with Gasteiger partial charge in [0.25, 0.3) is 5.96 Å². The van der Waals surface area contributed by atoms with E-state index in [1.807, 2.05) is 0 Å². The van der Waals surface area contributed by atoms with Crippen LogP contribution < -0.4 is 5.73 Å². The van der Waals surface area contributed by atoms with Gasteiger partial charge in [-0.3, -0.25) is 0 Å². The van der Waals surface area contributed by atoms with Crippen LogP contribution in [0.3, 0.4) is 0 Å². The predicted octanol–water partition coefficient (Wildman–Crippen LogP) is -0.579. The lowest BCUT2D eigenvalue weighted by Crippen LogP contribution is -2.05. The molecule has 0 atom stereocenters. The van der Waals surface area contributed by atoms with Gasteiger partial charge in [0.1, 0.15) is 0 Å². The molecule has 5 heteroatoms. The fourth-order valence-electron chi connectivity index (χ4n) is 0.0183. The molecule has 3 N–H and O–H groups in total. The molecule has 0 aromatic carbocycles. The molecule has 0 aromatic heterocycles. The van der Waals surface area contributed by atoms with Crippen molar-refractivity contribution in [3.8, 4) is 0 Å². The molecule has 0 aromatic rings.